The predicted octanol–water partition coefficient (Wildman–Crippen LogP) is 3.22. The van der Waals surface area contributed by atoms with Crippen LogP contribution in [0.5, 0.6) is 0 Å². The second kappa shape index (κ2) is 3.40. The maximum absolute atomic E-state index is 12.9. The van der Waals surface area contributed by atoms with Gasteiger partial charge in [0.15, 0.2) is 0 Å². The maximum Gasteiger partial charge on any atom is 0.125 e. The first kappa shape index (κ1) is 9.19. The zero-order valence-electron chi connectivity index (χ0n) is 8.34. The second-order valence-electron chi connectivity index (χ2n) is 3.61. The van der Waals surface area contributed by atoms with Gasteiger partial charge in [0, 0.05) is 11.3 Å². The molecule has 0 bridgehead atoms. The van der Waals surface area contributed by atoms with Crippen molar-refractivity contribution < 1.29 is 4.39 Å². The molecule has 0 spiro atoms. The van der Waals surface area contributed by atoms with E-state index in [4.69, 9.17) is 0 Å². The van der Waals surface area contributed by atoms with Crippen LogP contribution in [0.1, 0.15) is 31.9 Å². The lowest BCUT2D eigenvalue weighted by Crippen LogP contribution is -1.91. The number of hydrogen-bond donors (Lipinski definition) is 1. The lowest BCUT2D eigenvalue weighted by Gasteiger charge is -2.03. The summed E-state index contributed by atoms with van der Waals surface area (Å²) in [4.78, 5) is 0. The molecule has 2 aromatic rings. The summed E-state index contributed by atoms with van der Waals surface area (Å²) in [5.41, 5.74) is 1.81. The summed E-state index contributed by atoms with van der Waals surface area (Å²) >= 11 is 0. The molecule has 0 radical (unpaired) electrons. The lowest BCUT2D eigenvalue weighted by atomic mass is 10.0. The smallest absolute Gasteiger partial charge is 0.125 e. The average Bonchev–Trinajstić information content (AvgIpc) is 2.59. The molecule has 1 heterocycles. The van der Waals surface area contributed by atoms with Crippen molar-refractivity contribution in [2.24, 2.45) is 0 Å². The predicted molar refractivity (Wildman–Crippen MR) is 54.8 cm³/mol. The molecule has 2 rings (SSSR count). The highest BCUT2D eigenvalue weighted by atomic mass is 19.1. The van der Waals surface area contributed by atoms with Gasteiger partial charge < -0.3 is 0 Å². The van der Waals surface area contributed by atoms with Gasteiger partial charge in [-0.2, -0.15) is 5.10 Å². The molecule has 1 aromatic heterocycles. The van der Waals surface area contributed by atoms with Gasteiger partial charge in [-0.3, -0.25) is 5.10 Å². The normalized spacial score (nSPS) is 13.4. The Labute approximate surface area is 82.1 Å². The summed E-state index contributed by atoms with van der Waals surface area (Å²) in [6, 6.07) is 4.74. The van der Waals surface area contributed by atoms with Gasteiger partial charge in [0.2, 0.25) is 0 Å². The highest BCUT2D eigenvalue weighted by molar-refractivity contribution is 5.81. The number of rotatable bonds is 2. The quantitative estimate of drug-likeness (QED) is 0.777. The monoisotopic (exact) mass is 192 g/mol. The van der Waals surface area contributed by atoms with E-state index in [0.29, 0.717) is 5.92 Å². The van der Waals surface area contributed by atoms with E-state index in [9.17, 15) is 4.39 Å². The Kier molecular flexibility index (Phi) is 2.23. The van der Waals surface area contributed by atoms with E-state index in [0.717, 1.165) is 23.0 Å². The Hall–Kier alpha value is -1.38. The molecule has 1 N–H and O–H groups in total. The van der Waals surface area contributed by atoms with Crippen LogP contribution in [-0.2, 0) is 0 Å². The minimum absolute atomic E-state index is 0.225. The summed E-state index contributed by atoms with van der Waals surface area (Å²) in [5.74, 6) is 0.186. The van der Waals surface area contributed by atoms with Gasteiger partial charge in [-0.05, 0) is 24.6 Å². The number of nitrogens with zero attached hydrogens (tertiary/aromatic N) is 1. The van der Waals surface area contributed by atoms with Crippen molar-refractivity contribution >= 4 is 10.9 Å². The van der Waals surface area contributed by atoms with Crippen LogP contribution in [0.25, 0.3) is 10.9 Å². The van der Waals surface area contributed by atoms with Crippen molar-refractivity contribution in [2.75, 3.05) is 0 Å². The van der Waals surface area contributed by atoms with Crippen LogP contribution in [0, 0.1) is 5.82 Å². The molecule has 1 atom stereocenters. The van der Waals surface area contributed by atoms with E-state index in [2.05, 4.69) is 24.0 Å². The number of benzene rings is 1. The summed E-state index contributed by atoms with van der Waals surface area (Å²) in [6.07, 6.45) is 1.04. The van der Waals surface area contributed by atoms with Crippen LogP contribution in [0.15, 0.2) is 18.2 Å². The van der Waals surface area contributed by atoms with E-state index in [-0.39, 0.29) is 5.82 Å². The van der Waals surface area contributed by atoms with Crippen LogP contribution in [-0.4, -0.2) is 10.2 Å². The first-order chi connectivity index (χ1) is 6.72. The van der Waals surface area contributed by atoms with Crippen LogP contribution in [0.4, 0.5) is 4.39 Å². The molecule has 0 amide bonds. The highest BCUT2D eigenvalue weighted by Crippen LogP contribution is 2.25. The van der Waals surface area contributed by atoms with E-state index < -0.39 is 0 Å². The molecule has 2 nitrogen and oxygen atoms in total. The van der Waals surface area contributed by atoms with Crippen molar-refractivity contribution in [3.8, 4) is 0 Å². The van der Waals surface area contributed by atoms with Crippen LogP contribution < -0.4 is 0 Å². The molecule has 3 heteroatoms. The molecule has 0 aliphatic rings. The topological polar surface area (TPSA) is 28.7 Å². The third-order valence-electron chi connectivity index (χ3n) is 2.63. The van der Waals surface area contributed by atoms with Crippen molar-refractivity contribution in [1.29, 1.82) is 0 Å². The van der Waals surface area contributed by atoms with Gasteiger partial charge in [-0.25, -0.2) is 4.39 Å². The number of fused-ring (bicyclic) bond motifs is 1. The minimum Gasteiger partial charge on any atom is -0.277 e. The summed E-state index contributed by atoms with van der Waals surface area (Å²) in [7, 11) is 0. The zero-order valence-corrected chi connectivity index (χ0v) is 8.34. The first-order valence-electron chi connectivity index (χ1n) is 4.86. The molecule has 0 aliphatic carbocycles. The maximum atomic E-state index is 12.9. The third-order valence-corrected chi connectivity index (χ3v) is 2.63. The van der Waals surface area contributed by atoms with Crippen LogP contribution in [0.3, 0.4) is 0 Å². The summed E-state index contributed by atoms with van der Waals surface area (Å²) in [5, 5.41) is 8.10. The Morgan fingerprint density at radius 3 is 3.00 bits per heavy atom. The first-order valence-corrected chi connectivity index (χ1v) is 4.86. The zero-order chi connectivity index (χ0) is 10.1. The van der Waals surface area contributed by atoms with E-state index >= 15 is 0 Å². The van der Waals surface area contributed by atoms with Crippen LogP contribution >= 0.6 is 0 Å². The summed E-state index contributed by atoms with van der Waals surface area (Å²) < 4.78 is 12.9. The molecule has 0 saturated heterocycles. The molecule has 1 unspecified atom stereocenters. The fraction of sp³-hybridized carbons (Fsp3) is 0.364. The number of aromatic amines is 1. The molecule has 74 valence electrons. The van der Waals surface area contributed by atoms with Crippen molar-refractivity contribution in [1.82, 2.24) is 10.2 Å². The van der Waals surface area contributed by atoms with Gasteiger partial charge in [-0.15, -0.1) is 0 Å². The van der Waals surface area contributed by atoms with Gasteiger partial charge >= 0.3 is 0 Å². The number of H-pyrrole nitrogens is 1. The molecule has 0 aliphatic heterocycles. The molecule has 0 saturated carbocycles. The Morgan fingerprint density at radius 1 is 1.50 bits per heavy atom. The number of nitrogens with one attached hydrogen (secondary N) is 1. The number of aromatic nitrogens is 2. The number of halogens is 1. The van der Waals surface area contributed by atoms with Crippen molar-refractivity contribution in [2.45, 2.75) is 26.2 Å². The Morgan fingerprint density at radius 2 is 2.29 bits per heavy atom. The molecular formula is C11H13FN2. The molecule has 0 fully saturated rings. The van der Waals surface area contributed by atoms with E-state index in [1.165, 1.54) is 12.1 Å². The molecular weight excluding hydrogens is 179 g/mol. The van der Waals surface area contributed by atoms with Gasteiger partial charge in [0.05, 0.1) is 11.2 Å². The van der Waals surface area contributed by atoms with E-state index in [1.54, 1.807) is 6.07 Å². The fourth-order valence-corrected chi connectivity index (χ4v) is 1.58. The SMILES string of the molecule is CCC(C)c1n[nH]c2cc(F)ccc12. The average molecular weight is 192 g/mol. The third kappa shape index (κ3) is 1.39. The van der Waals surface area contributed by atoms with Gasteiger partial charge in [0.25, 0.3) is 0 Å². The summed E-state index contributed by atoms with van der Waals surface area (Å²) in [6.45, 7) is 4.24. The van der Waals surface area contributed by atoms with E-state index in [1.807, 2.05) is 0 Å². The Balaban J connectivity index is 2.58. The van der Waals surface area contributed by atoms with Crippen molar-refractivity contribution in [3.63, 3.8) is 0 Å². The fourth-order valence-electron chi connectivity index (χ4n) is 1.58. The second-order valence-corrected chi connectivity index (χ2v) is 3.61. The van der Waals surface area contributed by atoms with Crippen LogP contribution in [0.2, 0.25) is 0 Å². The lowest BCUT2D eigenvalue weighted by molar-refractivity contribution is 0.629. The largest absolute Gasteiger partial charge is 0.277 e. The van der Waals surface area contributed by atoms with Gasteiger partial charge in [0.1, 0.15) is 5.82 Å². The van der Waals surface area contributed by atoms with Gasteiger partial charge in [-0.1, -0.05) is 13.8 Å². The molecule has 1 aromatic carbocycles. The minimum atomic E-state index is -0.225. The van der Waals surface area contributed by atoms with Crippen molar-refractivity contribution in [3.05, 3.63) is 29.7 Å². The highest BCUT2D eigenvalue weighted by Gasteiger charge is 2.11. The number of hydrogen-bond acceptors (Lipinski definition) is 1. The molecule has 14 heavy (non-hydrogen) atoms. The standard InChI is InChI=1S/C11H13FN2/c1-3-7(2)11-9-5-4-8(12)6-10(9)13-14-11/h4-7H,3H2,1-2H3,(H,13,14). The Bertz CT molecular complexity index is 447.